The molecule has 6 heteroatoms. The molecule has 1 N–H and O–H groups in total. The summed E-state index contributed by atoms with van der Waals surface area (Å²) in [5.41, 5.74) is 0. The SMILES string of the molecule is O=S(=O)(c1ccc(Cl)cc1)N1C[C@@H]2CCN[C@@H]2C1. The number of nitrogens with zero attached hydrogens (tertiary/aromatic N) is 1. The van der Waals surface area contributed by atoms with Crippen LogP contribution in [0, 0.1) is 5.92 Å². The van der Waals surface area contributed by atoms with E-state index in [0.29, 0.717) is 35.0 Å². The minimum atomic E-state index is -3.36. The smallest absolute Gasteiger partial charge is 0.243 e. The normalized spacial score (nSPS) is 28.5. The minimum Gasteiger partial charge on any atom is -0.312 e. The average Bonchev–Trinajstić information content (AvgIpc) is 2.89. The monoisotopic (exact) mass is 286 g/mol. The number of hydrogen-bond acceptors (Lipinski definition) is 3. The largest absolute Gasteiger partial charge is 0.312 e. The Morgan fingerprint density at radius 1 is 1.22 bits per heavy atom. The van der Waals surface area contributed by atoms with Crippen LogP contribution >= 0.6 is 11.6 Å². The molecule has 2 fully saturated rings. The fraction of sp³-hybridized carbons (Fsp3) is 0.500. The molecule has 2 atom stereocenters. The van der Waals surface area contributed by atoms with Gasteiger partial charge < -0.3 is 5.32 Å². The number of nitrogens with one attached hydrogen (secondary N) is 1. The van der Waals surface area contributed by atoms with Crippen molar-refractivity contribution in [2.75, 3.05) is 19.6 Å². The molecule has 2 heterocycles. The zero-order valence-electron chi connectivity index (χ0n) is 9.84. The van der Waals surface area contributed by atoms with Crippen molar-refractivity contribution in [3.8, 4) is 0 Å². The van der Waals surface area contributed by atoms with Crippen LogP contribution in [0.5, 0.6) is 0 Å². The third-order valence-corrected chi connectivity index (χ3v) is 5.88. The maximum absolute atomic E-state index is 12.4. The van der Waals surface area contributed by atoms with E-state index in [1.165, 1.54) is 0 Å². The summed E-state index contributed by atoms with van der Waals surface area (Å²) in [6.45, 7) is 2.21. The summed E-state index contributed by atoms with van der Waals surface area (Å²) >= 11 is 5.78. The van der Waals surface area contributed by atoms with Crippen molar-refractivity contribution in [1.29, 1.82) is 0 Å². The molecule has 0 aliphatic carbocycles. The van der Waals surface area contributed by atoms with Crippen molar-refractivity contribution >= 4 is 21.6 Å². The van der Waals surface area contributed by atoms with Crippen LogP contribution in [0.25, 0.3) is 0 Å². The van der Waals surface area contributed by atoms with Gasteiger partial charge in [0.25, 0.3) is 0 Å². The molecule has 0 amide bonds. The van der Waals surface area contributed by atoms with Crippen molar-refractivity contribution in [2.24, 2.45) is 5.92 Å². The van der Waals surface area contributed by atoms with Gasteiger partial charge in [-0.25, -0.2) is 8.42 Å². The molecule has 0 aromatic heterocycles. The number of rotatable bonds is 2. The summed E-state index contributed by atoms with van der Waals surface area (Å²) in [5.74, 6) is 0.465. The second kappa shape index (κ2) is 4.49. The standard InChI is InChI=1S/C12H15ClN2O2S/c13-10-1-3-11(4-2-10)18(16,17)15-7-9-5-6-14-12(9)8-15/h1-4,9,12,14H,5-8H2/t9-,12+/m0/s1. The molecule has 18 heavy (non-hydrogen) atoms. The van der Waals surface area contributed by atoms with Gasteiger partial charge in [-0.1, -0.05) is 11.6 Å². The van der Waals surface area contributed by atoms with Gasteiger partial charge in [0.05, 0.1) is 4.90 Å². The molecule has 98 valence electrons. The summed E-state index contributed by atoms with van der Waals surface area (Å²) in [6.07, 6.45) is 1.07. The lowest BCUT2D eigenvalue weighted by Gasteiger charge is -2.17. The Balaban J connectivity index is 1.85. The van der Waals surface area contributed by atoms with Crippen LogP contribution in [0.15, 0.2) is 29.2 Å². The second-order valence-corrected chi connectivity index (χ2v) is 7.26. The highest BCUT2D eigenvalue weighted by atomic mass is 35.5. The predicted molar refractivity (Wildman–Crippen MR) is 70.1 cm³/mol. The first-order valence-electron chi connectivity index (χ1n) is 6.06. The number of fused-ring (bicyclic) bond motifs is 1. The van der Waals surface area contributed by atoms with Crippen LogP contribution in [0.3, 0.4) is 0 Å². The van der Waals surface area contributed by atoms with Crippen LogP contribution in [-0.2, 0) is 10.0 Å². The Morgan fingerprint density at radius 3 is 2.61 bits per heavy atom. The van der Waals surface area contributed by atoms with Crippen LogP contribution < -0.4 is 5.32 Å². The van der Waals surface area contributed by atoms with Crippen LogP contribution in [0.1, 0.15) is 6.42 Å². The Bertz CT molecular complexity index is 532. The highest BCUT2D eigenvalue weighted by molar-refractivity contribution is 7.89. The predicted octanol–water partition coefficient (Wildman–Crippen LogP) is 1.32. The molecule has 2 aliphatic rings. The highest BCUT2D eigenvalue weighted by Gasteiger charge is 2.41. The van der Waals surface area contributed by atoms with E-state index < -0.39 is 10.0 Å². The topological polar surface area (TPSA) is 49.4 Å². The van der Waals surface area contributed by atoms with Crippen molar-refractivity contribution in [3.05, 3.63) is 29.3 Å². The highest BCUT2D eigenvalue weighted by Crippen LogP contribution is 2.29. The molecule has 4 nitrogen and oxygen atoms in total. The third kappa shape index (κ3) is 2.05. The molecule has 0 unspecified atom stereocenters. The first-order valence-corrected chi connectivity index (χ1v) is 7.88. The number of benzene rings is 1. The van der Waals surface area contributed by atoms with E-state index in [1.807, 2.05) is 0 Å². The van der Waals surface area contributed by atoms with Crippen molar-refractivity contribution in [2.45, 2.75) is 17.4 Å². The van der Waals surface area contributed by atoms with E-state index in [0.717, 1.165) is 13.0 Å². The molecule has 2 saturated heterocycles. The number of halogens is 1. The second-order valence-electron chi connectivity index (χ2n) is 4.89. The summed E-state index contributed by atoms with van der Waals surface area (Å²) in [4.78, 5) is 0.326. The van der Waals surface area contributed by atoms with Gasteiger partial charge in [-0.2, -0.15) is 4.31 Å². The van der Waals surface area contributed by atoms with Gasteiger partial charge in [-0.05, 0) is 43.1 Å². The van der Waals surface area contributed by atoms with Crippen molar-refractivity contribution < 1.29 is 8.42 Å². The summed E-state index contributed by atoms with van der Waals surface area (Å²) in [7, 11) is -3.36. The Morgan fingerprint density at radius 2 is 1.94 bits per heavy atom. The van der Waals surface area contributed by atoms with Gasteiger partial charge in [0.1, 0.15) is 0 Å². The van der Waals surface area contributed by atoms with Gasteiger partial charge in [0, 0.05) is 24.2 Å². The molecular formula is C12H15ClN2O2S. The molecule has 1 aromatic carbocycles. The van der Waals surface area contributed by atoms with Crippen molar-refractivity contribution in [1.82, 2.24) is 9.62 Å². The zero-order chi connectivity index (χ0) is 12.8. The maximum atomic E-state index is 12.4. The van der Waals surface area contributed by atoms with Gasteiger partial charge in [0.15, 0.2) is 0 Å². The first kappa shape index (κ1) is 12.4. The van der Waals surface area contributed by atoms with E-state index in [4.69, 9.17) is 11.6 Å². The Hall–Kier alpha value is -0.620. The molecule has 2 aliphatic heterocycles. The third-order valence-electron chi connectivity index (χ3n) is 3.78. The molecule has 0 bridgehead atoms. The quantitative estimate of drug-likeness (QED) is 0.892. The first-order chi connectivity index (χ1) is 8.57. The zero-order valence-corrected chi connectivity index (χ0v) is 11.4. The van der Waals surface area contributed by atoms with E-state index in [-0.39, 0.29) is 0 Å². The minimum absolute atomic E-state index is 0.326. The fourth-order valence-electron chi connectivity index (χ4n) is 2.76. The number of sulfonamides is 1. The van der Waals surface area contributed by atoms with E-state index >= 15 is 0 Å². The fourth-order valence-corrected chi connectivity index (χ4v) is 4.41. The van der Waals surface area contributed by atoms with Crippen molar-refractivity contribution in [3.63, 3.8) is 0 Å². The molecule has 0 radical (unpaired) electrons. The van der Waals surface area contributed by atoms with Crippen LogP contribution in [-0.4, -0.2) is 38.4 Å². The van der Waals surface area contributed by atoms with Gasteiger partial charge in [0.2, 0.25) is 10.0 Å². The van der Waals surface area contributed by atoms with Crippen LogP contribution in [0.2, 0.25) is 5.02 Å². The number of hydrogen-bond donors (Lipinski definition) is 1. The molecule has 0 saturated carbocycles. The van der Waals surface area contributed by atoms with Gasteiger partial charge >= 0.3 is 0 Å². The summed E-state index contributed by atoms with van der Waals surface area (Å²) in [6, 6.07) is 6.69. The van der Waals surface area contributed by atoms with E-state index in [2.05, 4.69) is 5.32 Å². The summed E-state index contributed by atoms with van der Waals surface area (Å²) < 4.78 is 26.4. The lowest BCUT2D eigenvalue weighted by molar-refractivity contribution is 0.448. The molecular weight excluding hydrogens is 272 g/mol. The summed E-state index contributed by atoms with van der Waals surface area (Å²) in [5, 5.41) is 3.90. The van der Waals surface area contributed by atoms with Gasteiger partial charge in [-0.3, -0.25) is 0 Å². The molecule has 1 aromatic rings. The molecule has 0 spiro atoms. The van der Waals surface area contributed by atoms with Crippen LogP contribution in [0.4, 0.5) is 0 Å². The van der Waals surface area contributed by atoms with Gasteiger partial charge in [-0.15, -0.1) is 0 Å². The molecule has 3 rings (SSSR count). The van der Waals surface area contributed by atoms with E-state index in [9.17, 15) is 8.42 Å². The van der Waals surface area contributed by atoms with E-state index in [1.54, 1.807) is 28.6 Å². The Kier molecular flexibility index (Phi) is 3.10. The lowest BCUT2D eigenvalue weighted by atomic mass is 10.1. The Labute approximate surface area is 112 Å². The maximum Gasteiger partial charge on any atom is 0.243 e. The average molecular weight is 287 g/mol. The lowest BCUT2D eigenvalue weighted by Crippen LogP contribution is -2.33.